The molecular formula is C9H15BrN2O2. The number of hydrogen-bond acceptors (Lipinski definition) is 4. The highest BCUT2D eigenvalue weighted by Crippen LogP contribution is 2.17. The fraction of sp³-hybridized carbons (Fsp3) is 0.667. The molecule has 0 fully saturated rings. The average molecular weight is 263 g/mol. The molecule has 5 heteroatoms. The van der Waals surface area contributed by atoms with E-state index in [-0.39, 0.29) is 5.54 Å². The van der Waals surface area contributed by atoms with E-state index >= 15 is 0 Å². The number of halogens is 1. The van der Waals surface area contributed by atoms with Crippen molar-refractivity contribution in [3.05, 3.63) is 16.4 Å². The SMILES string of the molecule is CC(C)(C)NC[C@@H](O)c1cc(Br)no1. The second-order valence-corrected chi connectivity index (χ2v) is 5.01. The molecule has 1 rings (SSSR count). The lowest BCUT2D eigenvalue weighted by Gasteiger charge is -2.21. The number of rotatable bonds is 3. The van der Waals surface area contributed by atoms with Crippen LogP contribution < -0.4 is 5.32 Å². The molecule has 0 saturated carbocycles. The zero-order valence-corrected chi connectivity index (χ0v) is 10.1. The summed E-state index contributed by atoms with van der Waals surface area (Å²) in [5.41, 5.74) is -0.0156. The molecule has 1 aromatic rings. The molecule has 14 heavy (non-hydrogen) atoms. The lowest BCUT2D eigenvalue weighted by Crippen LogP contribution is -2.38. The van der Waals surface area contributed by atoms with Gasteiger partial charge in [0.05, 0.1) is 0 Å². The van der Waals surface area contributed by atoms with Crippen LogP contribution in [0.15, 0.2) is 15.2 Å². The molecule has 2 N–H and O–H groups in total. The lowest BCUT2D eigenvalue weighted by atomic mass is 10.1. The molecule has 0 spiro atoms. The molecular weight excluding hydrogens is 248 g/mol. The van der Waals surface area contributed by atoms with Gasteiger partial charge >= 0.3 is 0 Å². The predicted octanol–water partition coefficient (Wildman–Crippen LogP) is 1.86. The first-order chi connectivity index (χ1) is 6.38. The lowest BCUT2D eigenvalue weighted by molar-refractivity contribution is 0.129. The van der Waals surface area contributed by atoms with Gasteiger partial charge in [-0.2, -0.15) is 0 Å². The van der Waals surface area contributed by atoms with Gasteiger partial charge in [-0.05, 0) is 36.7 Å². The Morgan fingerprint density at radius 2 is 2.29 bits per heavy atom. The van der Waals surface area contributed by atoms with Crippen LogP contribution in [-0.4, -0.2) is 22.3 Å². The van der Waals surface area contributed by atoms with Crippen LogP contribution >= 0.6 is 15.9 Å². The Balaban J connectivity index is 2.47. The second kappa shape index (κ2) is 4.42. The van der Waals surface area contributed by atoms with E-state index in [2.05, 4.69) is 26.4 Å². The number of nitrogens with one attached hydrogen (secondary N) is 1. The summed E-state index contributed by atoms with van der Waals surface area (Å²) in [5.74, 6) is 0.466. The number of aliphatic hydroxyl groups excluding tert-OH is 1. The summed E-state index contributed by atoms with van der Waals surface area (Å²) in [5, 5.41) is 16.5. The highest BCUT2D eigenvalue weighted by Gasteiger charge is 2.16. The van der Waals surface area contributed by atoms with Crippen molar-refractivity contribution in [2.24, 2.45) is 0 Å². The van der Waals surface area contributed by atoms with Crippen LogP contribution in [0.25, 0.3) is 0 Å². The van der Waals surface area contributed by atoms with Crippen LogP contribution in [-0.2, 0) is 0 Å². The van der Waals surface area contributed by atoms with Gasteiger partial charge in [-0.3, -0.25) is 0 Å². The largest absolute Gasteiger partial charge is 0.384 e. The van der Waals surface area contributed by atoms with Crippen molar-refractivity contribution in [1.82, 2.24) is 10.5 Å². The van der Waals surface area contributed by atoms with Gasteiger partial charge < -0.3 is 14.9 Å². The fourth-order valence-corrected chi connectivity index (χ4v) is 1.22. The number of aliphatic hydroxyl groups is 1. The van der Waals surface area contributed by atoms with E-state index in [1.165, 1.54) is 0 Å². The van der Waals surface area contributed by atoms with Crippen molar-refractivity contribution in [2.75, 3.05) is 6.54 Å². The first-order valence-electron chi connectivity index (χ1n) is 4.44. The summed E-state index contributed by atoms with van der Waals surface area (Å²) in [6, 6.07) is 1.66. The van der Waals surface area contributed by atoms with Crippen molar-refractivity contribution in [2.45, 2.75) is 32.4 Å². The van der Waals surface area contributed by atoms with Gasteiger partial charge in [0, 0.05) is 18.2 Å². The van der Waals surface area contributed by atoms with E-state index in [0.717, 1.165) is 0 Å². The van der Waals surface area contributed by atoms with Gasteiger partial charge in [0.15, 0.2) is 5.76 Å². The van der Waals surface area contributed by atoms with Crippen molar-refractivity contribution in [3.8, 4) is 0 Å². The smallest absolute Gasteiger partial charge is 0.167 e. The Morgan fingerprint density at radius 3 is 2.71 bits per heavy atom. The third-order valence-electron chi connectivity index (χ3n) is 1.65. The van der Waals surface area contributed by atoms with Crippen LogP contribution in [0, 0.1) is 0 Å². The van der Waals surface area contributed by atoms with Crippen LogP contribution in [0.2, 0.25) is 0 Å². The van der Waals surface area contributed by atoms with Crippen molar-refractivity contribution < 1.29 is 9.63 Å². The van der Waals surface area contributed by atoms with E-state index in [1.54, 1.807) is 6.07 Å². The Bertz CT molecular complexity index is 293. The van der Waals surface area contributed by atoms with Gasteiger partial charge in [0.1, 0.15) is 10.7 Å². The molecule has 0 radical (unpaired) electrons. The van der Waals surface area contributed by atoms with Gasteiger partial charge in [-0.15, -0.1) is 0 Å². The fourth-order valence-electron chi connectivity index (χ4n) is 0.927. The standard InChI is InChI=1S/C9H15BrN2O2/c1-9(2,3)11-5-6(13)7-4-8(10)12-14-7/h4,6,11,13H,5H2,1-3H3/t6-/m1/s1. The van der Waals surface area contributed by atoms with Crippen LogP contribution in [0.1, 0.15) is 32.6 Å². The molecule has 1 atom stereocenters. The molecule has 4 nitrogen and oxygen atoms in total. The molecule has 0 amide bonds. The summed E-state index contributed by atoms with van der Waals surface area (Å²) in [6.07, 6.45) is -0.659. The molecule has 0 aromatic carbocycles. The number of hydrogen-bond donors (Lipinski definition) is 2. The third kappa shape index (κ3) is 3.77. The molecule has 0 saturated heterocycles. The van der Waals surface area contributed by atoms with Crippen molar-refractivity contribution in [1.29, 1.82) is 0 Å². The predicted molar refractivity (Wildman–Crippen MR) is 56.9 cm³/mol. The highest BCUT2D eigenvalue weighted by molar-refractivity contribution is 9.10. The molecule has 0 unspecified atom stereocenters. The maximum Gasteiger partial charge on any atom is 0.167 e. The quantitative estimate of drug-likeness (QED) is 0.873. The third-order valence-corrected chi connectivity index (χ3v) is 2.03. The Morgan fingerprint density at radius 1 is 1.64 bits per heavy atom. The zero-order chi connectivity index (χ0) is 10.8. The van der Waals surface area contributed by atoms with Gasteiger partial charge in [0.25, 0.3) is 0 Å². The Labute approximate surface area is 91.8 Å². The van der Waals surface area contributed by atoms with Crippen LogP contribution in [0.5, 0.6) is 0 Å². The first kappa shape index (κ1) is 11.7. The van der Waals surface area contributed by atoms with E-state index in [9.17, 15) is 5.11 Å². The Kier molecular flexibility index (Phi) is 3.69. The van der Waals surface area contributed by atoms with Gasteiger partial charge in [0.2, 0.25) is 0 Å². The maximum absolute atomic E-state index is 9.68. The average Bonchev–Trinajstić information content (AvgIpc) is 2.46. The topological polar surface area (TPSA) is 58.3 Å². The summed E-state index contributed by atoms with van der Waals surface area (Å²) in [6.45, 7) is 6.56. The number of aromatic nitrogens is 1. The van der Waals surface area contributed by atoms with Crippen LogP contribution in [0.4, 0.5) is 0 Å². The van der Waals surface area contributed by atoms with E-state index in [4.69, 9.17) is 4.52 Å². The molecule has 1 heterocycles. The minimum atomic E-state index is -0.659. The Hall–Kier alpha value is -0.390. The summed E-state index contributed by atoms with van der Waals surface area (Å²) >= 11 is 3.15. The molecule has 0 aliphatic heterocycles. The van der Waals surface area contributed by atoms with Crippen molar-refractivity contribution in [3.63, 3.8) is 0 Å². The summed E-state index contributed by atoms with van der Waals surface area (Å²) < 4.78 is 5.50. The highest BCUT2D eigenvalue weighted by atomic mass is 79.9. The monoisotopic (exact) mass is 262 g/mol. The molecule has 0 aliphatic carbocycles. The zero-order valence-electron chi connectivity index (χ0n) is 8.54. The molecule has 0 aliphatic rings. The molecule has 0 bridgehead atoms. The summed E-state index contributed by atoms with van der Waals surface area (Å²) in [7, 11) is 0. The van der Waals surface area contributed by atoms with Gasteiger partial charge in [-0.25, -0.2) is 0 Å². The first-order valence-corrected chi connectivity index (χ1v) is 5.23. The van der Waals surface area contributed by atoms with E-state index in [1.807, 2.05) is 20.8 Å². The maximum atomic E-state index is 9.68. The second-order valence-electron chi connectivity index (χ2n) is 4.20. The van der Waals surface area contributed by atoms with Gasteiger partial charge in [-0.1, -0.05) is 5.16 Å². The summed E-state index contributed by atoms with van der Waals surface area (Å²) in [4.78, 5) is 0. The van der Waals surface area contributed by atoms with E-state index in [0.29, 0.717) is 16.9 Å². The van der Waals surface area contributed by atoms with Crippen LogP contribution in [0.3, 0.4) is 0 Å². The van der Waals surface area contributed by atoms with E-state index < -0.39 is 6.10 Å². The molecule has 1 aromatic heterocycles. The normalized spacial score (nSPS) is 14.4. The van der Waals surface area contributed by atoms with Crippen molar-refractivity contribution >= 4 is 15.9 Å². The minimum absolute atomic E-state index is 0.0156. The minimum Gasteiger partial charge on any atom is -0.384 e. The molecule has 80 valence electrons. The number of nitrogens with zero attached hydrogens (tertiary/aromatic N) is 1. The number of β-amino-alcohol motifs (C(OH)–C–C–N with tert-alkyl or cyclic N) is 1.